The van der Waals surface area contributed by atoms with Gasteiger partial charge in [0.1, 0.15) is 0 Å². The monoisotopic (exact) mass is 272 g/mol. The van der Waals surface area contributed by atoms with Gasteiger partial charge in [0.25, 0.3) is 0 Å². The number of ketones is 1. The Morgan fingerprint density at radius 3 is 1.35 bits per heavy atom. The van der Waals surface area contributed by atoms with Crippen LogP contribution in [0.25, 0.3) is 0 Å². The van der Waals surface area contributed by atoms with Crippen LogP contribution in [0.4, 0.5) is 0 Å². The van der Waals surface area contributed by atoms with Crippen LogP contribution in [-0.2, 0) is 0 Å². The summed E-state index contributed by atoms with van der Waals surface area (Å²) in [5.74, 6) is 0.108. The van der Waals surface area contributed by atoms with Gasteiger partial charge in [-0.05, 0) is 25.0 Å². The average Bonchev–Trinajstić information content (AvgIpc) is 2.52. The van der Waals surface area contributed by atoms with E-state index in [-0.39, 0.29) is 5.78 Å². The Kier molecular flexibility index (Phi) is 8.97. The Morgan fingerprint density at radius 1 is 0.750 bits per heavy atom. The van der Waals surface area contributed by atoms with Gasteiger partial charge in [-0.25, -0.2) is 0 Å². The Balaban J connectivity index is 0.000000829. The molecule has 0 unspecified atom stereocenters. The molecule has 0 saturated heterocycles. The molecule has 20 heavy (non-hydrogen) atoms. The fraction of sp³-hybridized carbons (Fsp3) is 0.278. The molecule has 0 atom stereocenters. The molecule has 0 fully saturated rings. The molecule has 2 nitrogen and oxygen atoms in total. The van der Waals surface area contributed by atoms with E-state index in [0.29, 0.717) is 0 Å². The maximum Gasteiger partial charge on any atom is 0.193 e. The highest BCUT2D eigenvalue weighted by Crippen LogP contribution is 2.16. The highest BCUT2D eigenvalue weighted by molar-refractivity contribution is 6.10. The predicted molar refractivity (Wildman–Crippen MR) is 85.3 cm³/mol. The first-order valence-electron chi connectivity index (χ1n) is 6.81. The summed E-state index contributed by atoms with van der Waals surface area (Å²) in [5, 5.41) is 7.00. The van der Waals surface area contributed by atoms with Gasteiger partial charge < -0.3 is 5.11 Å². The lowest BCUT2D eigenvalue weighted by Gasteiger charge is -2.06. The highest BCUT2D eigenvalue weighted by atomic mass is 16.2. The van der Waals surface area contributed by atoms with Crippen molar-refractivity contribution in [1.29, 1.82) is 0 Å². The largest absolute Gasteiger partial charge is 0.400 e. The summed E-state index contributed by atoms with van der Waals surface area (Å²) in [6, 6.07) is 15.4. The minimum Gasteiger partial charge on any atom is -0.400 e. The second-order valence-electron chi connectivity index (χ2n) is 3.96. The van der Waals surface area contributed by atoms with Crippen LogP contribution in [0.3, 0.4) is 0 Å². The number of carbonyl (C=O) groups is 1. The molecule has 2 rings (SSSR count). The molecule has 108 valence electrons. The van der Waals surface area contributed by atoms with Crippen molar-refractivity contribution in [2.24, 2.45) is 0 Å². The third-order valence-electron chi connectivity index (χ3n) is 2.78. The number of rotatable bonds is 2. The van der Waals surface area contributed by atoms with Gasteiger partial charge in [0.15, 0.2) is 5.78 Å². The van der Waals surface area contributed by atoms with Gasteiger partial charge in [0.05, 0.1) is 0 Å². The fourth-order valence-corrected chi connectivity index (χ4v) is 1.80. The maximum absolute atomic E-state index is 12.3. The van der Waals surface area contributed by atoms with E-state index in [4.69, 9.17) is 5.11 Å². The van der Waals surface area contributed by atoms with E-state index in [2.05, 4.69) is 0 Å². The topological polar surface area (TPSA) is 37.3 Å². The molecule has 0 bridgehead atoms. The van der Waals surface area contributed by atoms with Crippen molar-refractivity contribution in [3.63, 3.8) is 0 Å². The third-order valence-corrected chi connectivity index (χ3v) is 2.78. The highest BCUT2D eigenvalue weighted by Gasteiger charge is 2.12. The molecule has 0 radical (unpaired) electrons. The van der Waals surface area contributed by atoms with E-state index in [1.54, 1.807) is 0 Å². The summed E-state index contributed by atoms with van der Waals surface area (Å²) < 4.78 is 0. The fourth-order valence-electron chi connectivity index (χ4n) is 1.80. The number of hydrogen-bond acceptors (Lipinski definition) is 2. The smallest absolute Gasteiger partial charge is 0.193 e. The zero-order chi connectivity index (χ0) is 15.5. The average molecular weight is 272 g/mol. The van der Waals surface area contributed by atoms with E-state index in [1.807, 2.05) is 76.2 Å². The van der Waals surface area contributed by atoms with Crippen LogP contribution < -0.4 is 0 Å². The second-order valence-corrected chi connectivity index (χ2v) is 3.96. The van der Waals surface area contributed by atoms with Crippen molar-refractivity contribution in [3.8, 4) is 0 Å². The summed E-state index contributed by atoms with van der Waals surface area (Å²) in [6.45, 7) is 7.93. The minimum atomic E-state index is 0.108. The molecular weight excluding hydrogens is 248 g/mol. The van der Waals surface area contributed by atoms with Gasteiger partial charge in [-0.3, -0.25) is 4.79 Å². The summed E-state index contributed by atoms with van der Waals surface area (Å²) in [6.07, 6.45) is 0. The molecule has 0 aromatic heterocycles. The van der Waals surface area contributed by atoms with E-state index >= 15 is 0 Å². The van der Waals surface area contributed by atoms with Crippen molar-refractivity contribution >= 4 is 5.78 Å². The van der Waals surface area contributed by atoms with E-state index in [9.17, 15) is 4.79 Å². The third kappa shape index (κ3) is 4.63. The molecule has 0 aliphatic carbocycles. The molecule has 0 heterocycles. The molecule has 1 N–H and O–H groups in total. The molecule has 0 spiro atoms. The first-order valence-corrected chi connectivity index (χ1v) is 6.81. The van der Waals surface area contributed by atoms with Crippen LogP contribution in [0.2, 0.25) is 0 Å². The summed E-state index contributed by atoms with van der Waals surface area (Å²) in [7, 11) is 1.00. The number of benzene rings is 2. The van der Waals surface area contributed by atoms with Crippen LogP contribution in [0.15, 0.2) is 48.5 Å². The van der Waals surface area contributed by atoms with Gasteiger partial charge in [0.2, 0.25) is 0 Å². The van der Waals surface area contributed by atoms with Crippen LogP contribution >= 0.6 is 0 Å². The molecule has 2 heteroatoms. The number of carbonyl (C=O) groups excluding carboxylic acids is 1. The Bertz CT molecular complexity index is 483. The number of aryl methyl sites for hydroxylation is 2. The number of hydrogen-bond donors (Lipinski definition) is 1. The van der Waals surface area contributed by atoms with Crippen molar-refractivity contribution in [3.05, 3.63) is 70.8 Å². The lowest BCUT2D eigenvalue weighted by Crippen LogP contribution is -2.05. The number of aliphatic hydroxyl groups excluding tert-OH is 1. The summed E-state index contributed by atoms with van der Waals surface area (Å²) in [4.78, 5) is 12.3. The lowest BCUT2D eigenvalue weighted by atomic mass is 9.96. The van der Waals surface area contributed by atoms with Gasteiger partial charge in [-0.15, -0.1) is 0 Å². The zero-order valence-electron chi connectivity index (χ0n) is 13.0. The van der Waals surface area contributed by atoms with Gasteiger partial charge in [-0.1, -0.05) is 62.4 Å². The standard InChI is InChI=1S/C15H14O.C2H6.CH4O/c1-11-7-3-5-9-13(11)15(16)14-10-6-4-8-12(14)2;2*1-2/h3-10H,1-2H3;1-2H3;2H,1H3. The zero-order valence-corrected chi connectivity index (χ0v) is 13.0. The molecule has 0 aliphatic heterocycles. The molecule has 0 amide bonds. The van der Waals surface area contributed by atoms with Gasteiger partial charge >= 0.3 is 0 Å². The van der Waals surface area contributed by atoms with Crippen molar-refractivity contribution in [2.75, 3.05) is 7.11 Å². The van der Waals surface area contributed by atoms with E-state index < -0.39 is 0 Å². The van der Waals surface area contributed by atoms with E-state index in [0.717, 1.165) is 29.4 Å². The number of aliphatic hydroxyl groups is 1. The molecular formula is C18H24O2. The van der Waals surface area contributed by atoms with E-state index in [1.165, 1.54) is 0 Å². The quantitative estimate of drug-likeness (QED) is 0.833. The van der Waals surface area contributed by atoms with Crippen LogP contribution in [-0.4, -0.2) is 18.0 Å². The van der Waals surface area contributed by atoms with Crippen LogP contribution in [0.5, 0.6) is 0 Å². The Morgan fingerprint density at radius 2 is 1.05 bits per heavy atom. The van der Waals surface area contributed by atoms with Crippen LogP contribution in [0, 0.1) is 13.8 Å². The van der Waals surface area contributed by atoms with Gasteiger partial charge in [-0.2, -0.15) is 0 Å². The van der Waals surface area contributed by atoms with Crippen molar-refractivity contribution in [2.45, 2.75) is 27.7 Å². The van der Waals surface area contributed by atoms with Crippen LogP contribution in [0.1, 0.15) is 40.9 Å². The molecule has 0 saturated carbocycles. The van der Waals surface area contributed by atoms with Crippen molar-refractivity contribution in [1.82, 2.24) is 0 Å². The first kappa shape index (κ1) is 18.1. The molecule has 2 aromatic rings. The minimum absolute atomic E-state index is 0.108. The summed E-state index contributed by atoms with van der Waals surface area (Å²) in [5.41, 5.74) is 3.63. The molecule has 0 aliphatic rings. The summed E-state index contributed by atoms with van der Waals surface area (Å²) >= 11 is 0. The molecule has 2 aromatic carbocycles. The van der Waals surface area contributed by atoms with Crippen molar-refractivity contribution < 1.29 is 9.90 Å². The Labute approximate surface area is 122 Å². The first-order chi connectivity index (χ1) is 9.70. The lowest BCUT2D eigenvalue weighted by molar-refractivity contribution is 0.103. The Hall–Kier alpha value is -1.93. The predicted octanol–water partition coefficient (Wildman–Crippen LogP) is 4.17. The SMILES string of the molecule is CC.CO.Cc1ccccc1C(=O)c1ccccc1C. The second kappa shape index (κ2) is 9.93. The normalized spacial score (nSPS) is 8.70. The van der Waals surface area contributed by atoms with Gasteiger partial charge in [0, 0.05) is 18.2 Å². The maximum atomic E-state index is 12.3.